The van der Waals surface area contributed by atoms with Crippen molar-refractivity contribution in [3.05, 3.63) is 36.0 Å². The van der Waals surface area contributed by atoms with Gasteiger partial charge in [-0.1, -0.05) is 12.1 Å². The molecule has 1 N–H and O–H groups in total. The third-order valence-electron chi connectivity index (χ3n) is 3.50. The molecule has 0 bridgehead atoms. The van der Waals surface area contributed by atoms with E-state index in [1.165, 1.54) is 0 Å². The Bertz CT molecular complexity index is 668. The predicted octanol–water partition coefficient (Wildman–Crippen LogP) is 3.61. The van der Waals surface area contributed by atoms with Gasteiger partial charge < -0.3 is 14.6 Å². The topological polar surface area (TPSA) is 77.2 Å². The van der Waals surface area contributed by atoms with Crippen molar-refractivity contribution in [3.8, 4) is 5.75 Å². The molecular formula is C17H21N3O3S. The molecule has 1 amide bonds. The minimum atomic E-state index is 0.0153. The molecule has 128 valence electrons. The van der Waals surface area contributed by atoms with Gasteiger partial charge in [0.2, 0.25) is 17.6 Å². The van der Waals surface area contributed by atoms with Gasteiger partial charge in [-0.15, -0.1) is 0 Å². The summed E-state index contributed by atoms with van der Waals surface area (Å²) in [5, 5.41) is 6.78. The number of thioether (sulfide) groups is 1. The maximum atomic E-state index is 11.8. The Labute approximate surface area is 145 Å². The van der Waals surface area contributed by atoms with E-state index in [0.717, 1.165) is 30.7 Å². The number of carbonyl (C=O) groups is 1. The van der Waals surface area contributed by atoms with E-state index >= 15 is 0 Å². The summed E-state index contributed by atoms with van der Waals surface area (Å²) in [6.07, 6.45) is 3.34. The SMILES string of the molecule is CCCSCC(=O)Nc1ccc(OCc2noc(C3CC3)n2)cc1. The molecule has 6 nitrogen and oxygen atoms in total. The van der Waals surface area contributed by atoms with E-state index in [1.807, 2.05) is 24.3 Å². The zero-order valence-corrected chi connectivity index (χ0v) is 14.5. The number of ether oxygens (including phenoxy) is 1. The van der Waals surface area contributed by atoms with Crippen LogP contribution in [0.25, 0.3) is 0 Å². The van der Waals surface area contributed by atoms with Crippen molar-refractivity contribution in [2.75, 3.05) is 16.8 Å². The van der Waals surface area contributed by atoms with Crippen molar-refractivity contribution < 1.29 is 14.1 Å². The molecule has 1 aliphatic rings. The number of aromatic nitrogens is 2. The minimum Gasteiger partial charge on any atom is -0.485 e. The van der Waals surface area contributed by atoms with Gasteiger partial charge in [0.05, 0.1) is 5.75 Å². The molecule has 1 aromatic heterocycles. The van der Waals surface area contributed by atoms with Crippen molar-refractivity contribution in [2.45, 2.75) is 38.7 Å². The van der Waals surface area contributed by atoms with Crippen LogP contribution in [-0.2, 0) is 11.4 Å². The Kier molecular flexibility index (Phi) is 5.74. The van der Waals surface area contributed by atoms with Crippen LogP contribution in [0.2, 0.25) is 0 Å². The summed E-state index contributed by atoms with van der Waals surface area (Å²) in [5.41, 5.74) is 0.764. The average molecular weight is 347 g/mol. The zero-order chi connectivity index (χ0) is 16.8. The van der Waals surface area contributed by atoms with Crippen LogP contribution >= 0.6 is 11.8 Å². The number of nitrogens with zero attached hydrogens (tertiary/aromatic N) is 2. The van der Waals surface area contributed by atoms with Crippen LogP contribution < -0.4 is 10.1 Å². The highest BCUT2D eigenvalue weighted by Crippen LogP contribution is 2.38. The Morgan fingerprint density at radius 3 is 2.88 bits per heavy atom. The van der Waals surface area contributed by atoms with E-state index in [-0.39, 0.29) is 12.5 Å². The highest BCUT2D eigenvalue weighted by Gasteiger charge is 2.29. The molecular weight excluding hydrogens is 326 g/mol. The van der Waals surface area contributed by atoms with E-state index < -0.39 is 0 Å². The first-order valence-electron chi connectivity index (χ1n) is 8.17. The molecule has 2 aromatic rings. The summed E-state index contributed by atoms with van der Waals surface area (Å²) in [6, 6.07) is 7.28. The first-order valence-corrected chi connectivity index (χ1v) is 9.33. The summed E-state index contributed by atoms with van der Waals surface area (Å²) in [6.45, 7) is 2.38. The van der Waals surface area contributed by atoms with Crippen LogP contribution in [0.15, 0.2) is 28.8 Å². The summed E-state index contributed by atoms with van der Waals surface area (Å²) in [5.74, 6) is 3.92. The molecule has 7 heteroatoms. The quantitative estimate of drug-likeness (QED) is 0.698. The highest BCUT2D eigenvalue weighted by atomic mass is 32.2. The predicted molar refractivity (Wildman–Crippen MR) is 93.3 cm³/mol. The van der Waals surface area contributed by atoms with E-state index in [9.17, 15) is 4.79 Å². The third kappa shape index (κ3) is 4.99. The molecule has 24 heavy (non-hydrogen) atoms. The number of hydrogen-bond acceptors (Lipinski definition) is 6. The fourth-order valence-corrected chi connectivity index (χ4v) is 2.80. The molecule has 0 unspecified atom stereocenters. The Morgan fingerprint density at radius 1 is 1.38 bits per heavy atom. The van der Waals surface area contributed by atoms with Crippen molar-refractivity contribution in [1.82, 2.24) is 10.1 Å². The van der Waals surface area contributed by atoms with E-state index in [0.29, 0.717) is 29.1 Å². The molecule has 1 fully saturated rings. The first-order chi connectivity index (χ1) is 11.7. The fourth-order valence-electron chi connectivity index (χ4n) is 2.11. The monoisotopic (exact) mass is 347 g/mol. The Hall–Kier alpha value is -2.02. The standard InChI is InChI=1S/C17H21N3O3S/c1-2-9-24-11-16(21)18-13-5-7-14(8-6-13)22-10-15-19-17(23-20-15)12-3-4-12/h5-8,12H,2-4,9-11H2,1H3,(H,18,21). The maximum absolute atomic E-state index is 11.8. The second-order valence-corrected chi connectivity index (χ2v) is 6.84. The Balaban J connectivity index is 1.44. The third-order valence-corrected chi connectivity index (χ3v) is 4.66. The van der Waals surface area contributed by atoms with E-state index in [1.54, 1.807) is 11.8 Å². The van der Waals surface area contributed by atoms with Crippen molar-refractivity contribution in [1.29, 1.82) is 0 Å². The molecule has 1 aromatic carbocycles. The molecule has 0 atom stereocenters. The highest BCUT2D eigenvalue weighted by molar-refractivity contribution is 7.99. The van der Waals surface area contributed by atoms with Crippen LogP contribution in [0, 0.1) is 0 Å². The van der Waals surface area contributed by atoms with Crippen LogP contribution in [-0.4, -0.2) is 27.6 Å². The number of anilines is 1. The number of rotatable bonds is 9. The van der Waals surface area contributed by atoms with Gasteiger partial charge in [0.15, 0.2) is 6.61 Å². The van der Waals surface area contributed by atoms with Gasteiger partial charge >= 0.3 is 0 Å². The van der Waals surface area contributed by atoms with Crippen molar-refractivity contribution >= 4 is 23.4 Å². The molecule has 1 heterocycles. The number of amides is 1. The molecule has 0 saturated heterocycles. The van der Waals surface area contributed by atoms with E-state index in [2.05, 4.69) is 22.4 Å². The zero-order valence-electron chi connectivity index (χ0n) is 13.7. The lowest BCUT2D eigenvalue weighted by Gasteiger charge is -2.07. The van der Waals surface area contributed by atoms with Gasteiger partial charge in [0.1, 0.15) is 5.75 Å². The van der Waals surface area contributed by atoms with Crippen LogP contribution in [0.5, 0.6) is 5.75 Å². The lowest BCUT2D eigenvalue weighted by molar-refractivity contribution is -0.113. The van der Waals surface area contributed by atoms with Gasteiger partial charge in [-0.05, 0) is 49.3 Å². The normalized spacial score (nSPS) is 13.7. The number of nitrogens with one attached hydrogen (secondary N) is 1. The number of hydrogen-bond donors (Lipinski definition) is 1. The average Bonchev–Trinajstić information content (AvgIpc) is 3.33. The van der Waals surface area contributed by atoms with Crippen LogP contribution in [0.4, 0.5) is 5.69 Å². The molecule has 0 radical (unpaired) electrons. The Morgan fingerprint density at radius 2 is 2.17 bits per heavy atom. The second kappa shape index (κ2) is 8.19. The van der Waals surface area contributed by atoms with Crippen LogP contribution in [0.1, 0.15) is 43.8 Å². The van der Waals surface area contributed by atoms with Gasteiger partial charge in [0.25, 0.3) is 0 Å². The van der Waals surface area contributed by atoms with Gasteiger partial charge in [0, 0.05) is 11.6 Å². The molecule has 3 rings (SSSR count). The first kappa shape index (κ1) is 16.8. The molecule has 0 spiro atoms. The van der Waals surface area contributed by atoms with E-state index in [4.69, 9.17) is 9.26 Å². The summed E-state index contributed by atoms with van der Waals surface area (Å²) >= 11 is 1.64. The maximum Gasteiger partial charge on any atom is 0.234 e. The minimum absolute atomic E-state index is 0.0153. The fraction of sp³-hybridized carbons (Fsp3) is 0.471. The molecule has 1 saturated carbocycles. The number of carbonyl (C=O) groups excluding carboxylic acids is 1. The summed E-state index contributed by atoms with van der Waals surface area (Å²) < 4.78 is 10.8. The van der Waals surface area contributed by atoms with Gasteiger partial charge in [-0.2, -0.15) is 16.7 Å². The van der Waals surface area contributed by atoms with Gasteiger partial charge in [-0.25, -0.2) is 0 Å². The lowest BCUT2D eigenvalue weighted by Crippen LogP contribution is -2.14. The van der Waals surface area contributed by atoms with Crippen molar-refractivity contribution in [3.63, 3.8) is 0 Å². The smallest absolute Gasteiger partial charge is 0.234 e. The largest absolute Gasteiger partial charge is 0.485 e. The van der Waals surface area contributed by atoms with Crippen molar-refractivity contribution in [2.24, 2.45) is 0 Å². The summed E-state index contributed by atoms with van der Waals surface area (Å²) in [4.78, 5) is 16.1. The molecule has 1 aliphatic carbocycles. The second-order valence-electron chi connectivity index (χ2n) is 5.74. The summed E-state index contributed by atoms with van der Waals surface area (Å²) in [7, 11) is 0. The van der Waals surface area contributed by atoms with Gasteiger partial charge in [-0.3, -0.25) is 4.79 Å². The number of benzene rings is 1. The lowest BCUT2D eigenvalue weighted by atomic mass is 10.3. The molecule has 0 aliphatic heterocycles. The van der Waals surface area contributed by atoms with Crippen LogP contribution in [0.3, 0.4) is 0 Å².